The average molecular weight is 320 g/mol. The molecule has 0 unspecified atom stereocenters. The van der Waals surface area contributed by atoms with Crippen LogP contribution in [0, 0.1) is 0 Å². The molecule has 0 atom stereocenters. The maximum absolute atomic E-state index is 11.0. The molecule has 0 rings (SSSR count). The molecule has 0 fully saturated rings. The minimum atomic E-state index is -0.158. The zero-order chi connectivity index (χ0) is 16.5. The van der Waals surface area contributed by atoms with Gasteiger partial charge in [0.05, 0.1) is 39.6 Å². The topological polar surface area (TPSA) is 95.1 Å². The Balaban J connectivity index is 3.08. The van der Waals surface area contributed by atoms with Crippen molar-refractivity contribution in [1.82, 2.24) is 10.6 Å². The van der Waals surface area contributed by atoms with Crippen LogP contribution in [0.3, 0.4) is 0 Å². The van der Waals surface area contributed by atoms with Gasteiger partial charge in [0, 0.05) is 26.6 Å². The van der Waals surface area contributed by atoms with Gasteiger partial charge in [-0.05, 0) is 0 Å². The van der Waals surface area contributed by atoms with E-state index in [1.807, 2.05) is 0 Å². The van der Waals surface area contributed by atoms with Gasteiger partial charge in [-0.2, -0.15) is 0 Å². The van der Waals surface area contributed by atoms with E-state index in [2.05, 4.69) is 15.4 Å². The van der Waals surface area contributed by atoms with Crippen molar-refractivity contribution in [3.05, 3.63) is 0 Å². The fourth-order valence-corrected chi connectivity index (χ4v) is 1.37. The summed E-state index contributed by atoms with van der Waals surface area (Å²) < 4.78 is 20.5. The van der Waals surface area contributed by atoms with E-state index in [9.17, 15) is 9.59 Å². The first-order valence-electron chi connectivity index (χ1n) is 7.46. The second kappa shape index (κ2) is 16.2. The molecule has 0 aromatic carbocycles. The molecular weight excluding hydrogens is 292 g/mol. The van der Waals surface area contributed by atoms with Crippen molar-refractivity contribution in [1.29, 1.82) is 0 Å². The average Bonchev–Trinajstić information content (AvgIpc) is 2.51. The molecule has 130 valence electrons. The number of methoxy groups -OCH3 is 1. The predicted molar refractivity (Wildman–Crippen MR) is 80.6 cm³/mol. The molecule has 0 aliphatic heterocycles. The summed E-state index contributed by atoms with van der Waals surface area (Å²) in [5, 5.41) is 5.36. The Morgan fingerprint density at radius 1 is 0.773 bits per heavy atom. The molecule has 0 spiro atoms. The van der Waals surface area contributed by atoms with Gasteiger partial charge in [0.25, 0.3) is 0 Å². The standard InChI is InChI=1S/C14H28N2O6/c1-3-13(17)15-4-6-20-8-10-22-11-9-21-7-5-16-14(18)12-19-2/h3-12H2,1-2H3,(H,15,17)(H,16,18). The smallest absolute Gasteiger partial charge is 0.246 e. The van der Waals surface area contributed by atoms with E-state index in [0.29, 0.717) is 59.2 Å². The second-order valence-electron chi connectivity index (χ2n) is 4.32. The molecule has 8 nitrogen and oxygen atoms in total. The molecular formula is C14H28N2O6. The van der Waals surface area contributed by atoms with Gasteiger partial charge in [-0.25, -0.2) is 0 Å². The maximum atomic E-state index is 11.0. The van der Waals surface area contributed by atoms with Crippen LogP contribution in [0.25, 0.3) is 0 Å². The Morgan fingerprint density at radius 3 is 1.68 bits per heavy atom. The fourth-order valence-electron chi connectivity index (χ4n) is 1.37. The highest BCUT2D eigenvalue weighted by Crippen LogP contribution is 1.82. The van der Waals surface area contributed by atoms with Gasteiger partial charge in [-0.15, -0.1) is 0 Å². The molecule has 0 saturated heterocycles. The number of hydrogen-bond acceptors (Lipinski definition) is 6. The first kappa shape index (κ1) is 20.8. The Hall–Kier alpha value is -1.22. The van der Waals surface area contributed by atoms with Crippen molar-refractivity contribution in [2.24, 2.45) is 0 Å². The lowest BCUT2D eigenvalue weighted by Gasteiger charge is -2.08. The van der Waals surface area contributed by atoms with Crippen molar-refractivity contribution in [3.8, 4) is 0 Å². The summed E-state index contributed by atoms with van der Waals surface area (Å²) in [6, 6.07) is 0. The Kier molecular flexibility index (Phi) is 15.3. The van der Waals surface area contributed by atoms with E-state index in [0.717, 1.165) is 0 Å². The summed E-state index contributed by atoms with van der Waals surface area (Å²) in [5.74, 6) is -0.134. The number of rotatable bonds is 15. The molecule has 2 N–H and O–H groups in total. The summed E-state index contributed by atoms with van der Waals surface area (Å²) in [6.07, 6.45) is 0.485. The predicted octanol–water partition coefficient (Wildman–Crippen LogP) is -0.675. The highest BCUT2D eigenvalue weighted by Gasteiger charge is 1.98. The van der Waals surface area contributed by atoms with Crippen LogP contribution in [0.1, 0.15) is 13.3 Å². The SMILES string of the molecule is CCC(=O)NCCOCCOCCOCCNC(=O)COC. The van der Waals surface area contributed by atoms with Crippen LogP contribution in [0.15, 0.2) is 0 Å². The fraction of sp³-hybridized carbons (Fsp3) is 0.857. The molecule has 0 bridgehead atoms. The number of amides is 2. The lowest BCUT2D eigenvalue weighted by Crippen LogP contribution is -2.30. The van der Waals surface area contributed by atoms with Crippen LogP contribution in [0.4, 0.5) is 0 Å². The molecule has 0 aliphatic carbocycles. The third-order valence-corrected chi connectivity index (χ3v) is 2.48. The Morgan fingerprint density at radius 2 is 1.23 bits per heavy atom. The van der Waals surface area contributed by atoms with Crippen molar-refractivity contribution in [2.75, 3.05) is 66.4 Å². The first-order valence-corrected chi connectivity index (χ1v) is 7.46. The Bertz CT molecular complexity index is 289. The van der Waals surface area contributed by atoms with Crippen molar-refractivity contribution < 1.29 is 28.5 Å². The molecule has 0 aromatic rings. The van der Waals surface area contributed by atoms with Gasteiger partial charge in [-0.1, -0.05) is 6.92 Å². The van der Waals surface area contributed by atoms with Gasteiger partial charge < -0.3 is 29.6 Å². The summed E-state index contributed by atoms with van der Waals surface area (Å²) in [7, 11) is 1.47. The van der Waals surface area contributed by atoms with Gasteiger partial charge >= 0.3 is 0 Å². The second-order valence-corrected chi connectivity index (χ2v) is 4.32. The summed E-state index contributed by atoms with van der Waals surface area (Å²) in [6.45, 7) is 5.66. The third-order valence-electron chi connectivity index (χ3n) is 2.48. The van der Waals surface area contributed by atoms with E-state index in [4.69, 9.17) is 14.2 Å². The van der Waals surface area contributed by atoms with E-state index in [-0.39, 0.29) is 18.4 Å². The van der Waals surface area contributed by atoms with Crippen molar-refractivity contribution in [3.63, 3.8) is 0 Å². The highest BCUT2D eigenvalue weighted by atomic mass is 16.5. The third kappa shape index (κ3) is 15.2. The van der Waals surface area contributed by atoms with Crippen molar-refractivity contribution in [2.45, 2.75) is 13.3 Å². The van der Waals surface area contributed by atoms with Crippen molar-refractivity contribution >= 4 is 11.8 Å². The highest BCUT2D eigenvalue weighted by molar-refractivity contribution is 5.77. The monoisotopic (exact) mass is 320 g/mol. The van der Waals surface area contributed by atoms with Crippen LogP contribution in [0.2, 0.25) is 0 Å². The first-order chi connectivity index (χ1) is 10.7. The van der Waals surface area contributed by atoms with Gasteiger partial charge in [0.2, 0.25) is 11.8 Å². The molecule has 0 heterocycles. The quantitative estimate of drug-likeness (QED) is 0.388. The zero-order valence-corrected chi connectivity index (χ0v) is 13.5. The van der Waals surface area contributed by atoms with Crippen LogP contribution in [0.5, 0.6) is 0 Å². The summed E-state index contributed by atoms with van der Waals surface area (Å²) in [4.78, 5) is 22.0. The summed E-state index contributed by atoms with van der Waals surface area (Å²) >= 11 is 0. The van der Waals surface area contributed by atoms with Crippen LogP contribution in [-0.4, -0.2) is 78.3 Å². The molecule has 0 saturated carbocycles. The molecule has 22 heavy (non-hydrogen) atoms. The van der Waals surface area contributed by atoms with E-state index in [1.165, 1.54) is 7.11 Å². The molecule has 0 aliphatic rings. The number of hydrogen-bond donors (Lipinski definition) is 2. The van der Waals surface area contributed by atoms with Gasteiger partial charge in [-0.3, -0.25) is 9.59 Å². The normalized spacial score (nSPS) is 10.5. The van der Waals surface area contributed by atoms with Crippen LogP contribution in [-0.2, 0) is 28.5 Å². The van der Waals surface area contributed by atoms with Gasteiger partial charge in [0.1, 0.15) is 6.61 Å². The maximum Gasteiger partial charge on any atom is 0.246 e. The zero-order valence-electron chi connectivity index (χ0n) is 13.5. The van der Waals surface area contributed by atoms with Crippen LogP contribution < -0.4 is 10.6 Å². The van der Waals surface area contributed by atoms with E-state index in [1.54, 1.807) is 6.92 Å². The lowest BCUT2D eigenvalue weighted by atomic mass is 10.4. The molecule has 2 amide bonds. The molecule has 0 aromatic heterocycles. The minimum Gasteiger partial charge on any atom is -0.377 e. The number of nitrogens with one attached hydrogen (secondary N) is 2. The molecule has 0 radical (unpaired) electrons. The van der Waals surface area contributed by atoms with Crippen LogP contribution >= 0.6 is 0 Å². The van der Waals surface area contributed by atoms with E-state index < -0.39 is 0 Å². The molecule has 8 heteroatoms. The number of carbonyl (C=O) groups excluding carboxylic acids is 2. The number of ether oxygens (including phenoxy) is 4. The van der Waals surface area contributed by atoms with E-state index >= 15 is 0 Å². The van der Waals surface area contributed by atoms with Gasteiger partial charge in [0.15, 0.2) is 0 Å². The Labute approximate surface area is 131 Å². The summed E-state index contributed by atoms with van der Waals surface area (Å²) in [5.41, 5.74) is 0. The minimum absolute atomic E-state index is 0.0235. The largest absolute Gasteiger partial charge is 0.377 e. The lowest BCUT2D eigenvalue weighted by molar-refractivity contribution is -0.125. The number of carbonyl (C=O) groups is 2.